The number of aromatic nitrogens is 4. The molecule has 9 heteroatoms. The van der Waals surface area contributed by atoms with Gasteiger partial charge in [0.05, 0.1) is 24.3 Å². The van der Waals surface area contributed by atoms with Crippen LogP contribution in [0.5, 0.6) is 5.88 Å². The van der Waals surface area contributed by atoms with E-state index in [1.54, 1.807) is 24.0 Å². The van der Waals surface area contributed by atoms with Crippen LogP contribution in [0.3, 0.4) is 0 Å². The Hall–Kier alpha value is -2.71. The first kappa shape index (κ1) is 12.7. The summed E-state index contributed by atoms with van der Waals surface area (Å²) in [5.41, 5.74) is 0.582. The molecule has 9 nitrogen and oxygen atoms in total. The zero-order valence-corrected chi connectivity index (χ0v) is 10.4. The van der Waals surface area contributed by atoms with Gasteiger partial charge in [0.25, 0.3) is 5.88 Å². The maximum atomic E-state index is 11.0. The molecule has 0 aliphatic carbocycles. The summed E-state index contributed by atoms with van der Waals surface area (Å²) in [6.45, 7) is 0.359. The summed E-state index contributed by atoms with van der Waals surface area (Å²) < 4.78 is 6.52. The van der Waals surface area contributed by atoms with Crippen molar-refractivity contribution in [1.82, 2.24) is 19.7 Å². The standard InChI is InChI=1S/C10H12N6O3/c1-15-7(3-4-14-15)5-11-9-8(16(17)18)10(19-2)13-6-12-9/h3-4,6H,5H2,1-2H3,(H,11,12,13). The first-order chi connectivity index (χ1) is 9.13. The van der Waals surface area contributed by atoms with Crippen LogP contribution in [0.15, 0.2) is 18.6 Å². The van der Waals surface area contributed by atoms with Crippen molar-refractivity contribution in [2.45, 2.75) is 6.54 Å². The molecule has 0 unspecified atom stereocenters. The average molecular weight is 264 g/mol. The quantitative estimate of drug-likeness (QED) is 0.626. The van der Waals surface area contributed by atoms with Crippen molar-refractivity contribution in [1.29, 1.82) is 0 Å². The molecule has 0 aromatic carbocycles. The number of nitro groups is 1. The maximum Gasteiger partial charge on any atom is 0.372 e. The molecule has 2 rings (SSSR count). The average Bonchev–Trinajstić information content (AvgIpc) is 2.81. The van der Waals surface area contributed by atoms with E-state index in [4.69, 9.17) is 4.74 Å². The molecule has 0 spiro atoms. The number of methoxy groups -OCH3 is 1. The number of anilines is 1. The van der Waals surface area contributed by atoms with Gasteiger partial charge >= 0.3 is 5.69 Å². The predicted molar refractivity (Wildman–Crippen MR) is 65.8 cm³/mol. The van der Waals surface area contributed by atoms with Gasteiger partial charge in [-0.2, -0.15) is 10.1 Å². The lowest BCUT2D eigenvalue weighted by molar-refractivity contribution is -0.385. The summed E-state index contributed by atoms with van der Waals surface area (Å²) >= 11 is 0. The van der Waals surface area contributed by atoms with Crippen molar-refractivity contribution in [3.05, 3.63) is 34.4 Å². The third-order valence-corrected chi connectivity index (χ3v) is 2.52. The van der Waals surface area contributed by atoms with E-state index in [9.17, 15) is 10.1 Å². The molecule has 0 fully saturated rings. The van der Waals surface area contributed by atoms with Gasteiger partial charge in [0, 0.05) is 13.2 Å². The minimum absolute atomic E-state index is 0.0764. The highest BCUT2D eigenvalue weighted by Crippen LogP contribution is 2.30. The molecule has 19 heavy (non-hydrogen) atoms. The summed E-state index contributed by atoms with van der Waals surface area (Å²) in [7, 11) is 3.10. The highest BCUT2D eigenvalue weighted by Gasteiger charge is 2.23. The van der Waals surface area contributed by atoms with Crippen molar-refractivity contribution in [2.24, 2.45) is 7.05 Å². The summed E-state index contributed by atoms with van der Waals surface area (Å²) in [5.74, 6) is 0.0329. The zero-order chi connectivity index (χ0) is 13.8. The van der Waals surface area contributed by atoms with Gasteiger partial charge in [-0.1, -0.05) is 0 Å². The SMILES string of the molecule is COc1ncnc(NCc2ccnn2C)c1[N+](=O)[O-]. The van der Waals surface area contributed by atoms with Crippen LogP contribution in [0.25, 0.3) is 0 Å². The number of nitrogens with zero attached hydrogens (tertiary/aromatic N) is 5. The number of hydrogen-bond acceptors (Lipinski definition) is 7. The van der Waals surface area contributed by atoms with Gasteiger partial charge in [0.2, 0.25) is 5.82 Å². The van der Waals surface area contributed by atoms with Crippen LogP contribution in [0.2, 0.25) is 0 Å². The monoisotopic (exact) mass is 264 g/mol. The van der Waals surface area contributed by atoms with Gasteiger partial charge in [-0.3, -0.25) is 14.8 Å². The summed E-state index contributed by atoms with van der Waals surface area (Å²) in [6.07, 6.45) is 2.85. The molecule has 100 valence electrons. The highest BCUT2D eigenvalue weighted by atomic mass is 16.6. The Morgan fingerprint density at radius 3 is 2.89 bits per heavy atom. The Balaban J connectivity index is 2.25. The molecular formula is C10H12N6O3. The van der Waals surface area contributed by atoms with E-state index in [2.05, 4.69) is 20.4 Å². The van der Waals surface area contributed by atoms with Gasteiger partial charge < -0.3 is 10.1 Å². The maximum absolute atomic E-state index is 11.0. The van der Waals surface area contributed by atoms with Gasteiger partial charge in [-0.05, 0) is 6.07 Å². The molecule has 2 aromatic rings. The molecule has 0 atom stereocenters. The Kier molecular flexibility index (Phi) is 3.55. The molecule has 1 N–H and O–H groups in total. The Morgan fingerprint density at radius 2 is 2.32 bits per heavy atom. The van der Waals surface area contributed by atoms with E-state index in [-0.39, 0.29) is 17.4 Å². The van der Waals surface area contributed by atoms with E-state index in [1.165, 1.54) is 13.4 Å². The van der Waals surface area contributed by atoms with Crippen LogP contribution in [0, 0.1) is 10.1 Å². The number of aryl methyl sites for hydroxylation is 1. The number of hydrogen-bond donors (Lipinski definition) is 1. The van der Waals surface area contributed by atoms with Crippen LogP contribution >= 0.6 is 0 Å². The Morgan fingerprint density at radius 1 is 1.53 bits per heavy atom. The predicted octanol–water partition coefficient (Wildman–Crippen LogP) is 0.739. The number of ether oxygens (including phenoxy) is 1. The molecule has 2 aromatic heterocycles. The van der Waals surface area contributed by atoms with Crippen LogP contribution in [-0.4, -0.2) is 31.8 Å². The minimum Gasteiger partial charge on any atom is -0.476 e. The van der Waals surface area contributed by atoms with Crippen molar-refractivity contribution in [3.8, 4) is 5.88 Å². The fraction of sp³-hybridized carbons (Fsp3) is 0.300. The van der Waals surface area contributed by atoms with E-state index in [0.29, 0.717) is 6.54 Å². The lowest BCUT2D eigenvalue weighted by atomic mass is 10.4. The molecule has 2 heterocycles. The summed E-state index contributed by atoms with van der Waals surface area (Å²) in [5, 5.41) is 17.9. The van der Waals surface area contributed by atoms with Crippen molar-refractivity contribution >= 4 is 11.5 Å². The van der Waals surface area contributed by atoms with E-state index in [0.717, 1.165) is 5.69 Å². The van der Waals surface area contributed by atoms with Gasteiger partial charge in [0.15, 0.2) is 0 Å². The second kappa shape index (κ2) is 5.29. The zero-order valence-electron chi connectivity index (χ0n) is 10.4. The molecule has 0 saturated heterocycles. The molecule has 0 aliphatic heterocycles. The summed E-state index contributed by atoms with van der Waals surface area (Å²) in [4.78, 5) is 18.0. The van der Waals surface area contributed by atoms with E-state index in [1.807, 2.05) is 0 Å². The second-order valence-corrected chi connectivity index (χ2v) is 3.64. The Bertz CT molecular complexity index is 597. The van der Waals surface area contributed by atoms with Crippen molar-refractivity contribution in [3.63, 3.8) is 0 Å². The topological polar surface area (TPSA) is 108 Å². The van der Waals surface area contributed by atoms with Crippen molar-refractivity contribution < 1.29 is 9.66 Å². The second-order valence-electron chi connectivity index (χ2n) is 3.64. The molecule has 0 amide bonds. The number of rotatable bonds is 5. The highest BCUT2D eigenvalue weighted by molar-refractivity contribution is 5.61. The third kappa shape index (κ3) is 2.59. The van der Waals surface area contributed by atoms with Gasteiger partial charge in [-0.25, -0.2) is 4.98 Å². The molecular weight excluding hydrogens is 252 g/mol. The molecule has 0 radical (unpaired) electrons. The van der Waals surface area contributed by atoms with Gasteiger partial charge in [-0.15, -0.1) is 0 Å². The molecule has 0 aliphatic rings. The number of nitrogens with one attached hydrogen (secondary N) is 1. The smallest absolute Gasteiger partial charge is 0.372 e. The van der Waals surface area contributed by atoms with Crippen LogP contribution < -0.4 is 10.1 Å². The fourth-order valence-corrected chi connectivity index (χ4v) is 1.55. The third-order valence-electron chi connectivity index (χ3n) is 2.52. The van der Waals surface area contributed by atoms with Gasteiger partial charge in [0.1, 0.15) is 6.33 Å². The van der Waals surface area contributed by atoms with E-state index >= 15 is 0 Å². The lowest BCUT2D eigenvalue weighted by Crippen LogP contribution is -2.09. The van der Waals surface area contributed by atoms with Crippen LogP contribution in [0.1, 0.15) is 5.69 Å². The fourth-order valence-electron chi connectivity index (χ4n) is 1.55. The normalized spacial score (nSPS) is 10.2. The lowest BCUT2D eigenvalue weighted by Gasteiger charge is -2.07. The molecule has 0 bridgehead atoms. The molecule has 0 saturated carbocycles. The first-order valence-corrected chi connectivity index (χ1v) is 5.37. The first-order valence-electron chi connectivity index (χ1n) is 5.37. The Labute approximate surface area is 108 Å². The van der Waals surface area contributed by atoms with Crippen LogP contribution in [0.4, 0.5) is 11.5 Å². The van der Waals surface area contributed by atoms with Crippen molar-refractivity contribution in [2.75, 3.05) is 12.4 Å². The largest absolute Gasteiger partial charge is 0.476 e. The van der Waals surface area contributed by atoms with E-state index < -0.39 is 4.92 Å². The summed E-state index contributed by atoms with van der Waals surface area (Å²) in [6, 6.07) is 1.80. The van der Waals surface area contributed by atoms with Crippen LogP contribution in [-0.2, 0) is 13.6 Å². The minimum atomic E-state index is -0.579.